The monoisotopic (exact) mass is 252 g/mol. The minimum absolute atomic E-state index is 0.138. The zero-order valence-electron chi connectivity index (χ0n) is 10.6. The second kappa shape index (κ2) is 5.35. The van der Waals surface area contributed by atoms with Gasteiger partial charge in [-0.15, -0.1) is 0 Å². The summed E-state index contributed by atoms with van der Waals surface area (Å²) in [5.41, 5.74) is 0.344. The van der Waals surface area contributed by atoms with Crippen LogP contribution in [0.3, 0.4) is 0 Å². The van der Waals surface area contributed by atoms with E-state index in [0.29, 0.717) is 24.4 Å². The van der Waals surface area contributed by atoms with E-state index in [1.165, 1.54) is 19.2 Å². The van der Waals surface area contributed by atoms with Crippen molar-refractivity contribution in [1.82, 2.24) is 9.80 Å². The van der Waals surface area contributed by atoms with Crippen LogP contribution < -0.4 is 4.74 Å². The molecule has 2 rings (SSSR count). The van der Waals surface area contributed by atoms with Crippen LogP contribution in [0.4, 0.5) is 4.39 Å². The lowest BCUT2D eigenvalue weighted by Crippen LogP contribution is -2.47. The molecule has 1 amide bonds. The molecule has 0 aliphatic carbocycles. The number of nitrogens with zero attached hydrogens (tertiary/aromatic N) is 2. The Kier molecular flexibility index (Phi) is 3.81. The Balaban J connectivity index is 2.15. The number of rotatable bonds is 2. The molecule has 0 saturated carbocycles. The molecule has 0 atom stereocenters. The van der Waals surface area contributed by atoms with Crippen molar-refractivity contribution in [3.8, 4) is 5.75 Å². The van der Waals surface area contributed by atoms with Crippen LogP contribution in [0, 0.1) is 5.82 Å². The van der Waals surface area contributed by atoms with E-state index in [4.69, 9.17) is 4.74 Å². The summed E-state index contributed by atoms with van der Waals surface area (Å²) in [5, 5.41) is 0. The fourth-order valence-corrected chi connectivity index (χ4v) is 2.00. The maximum absolute atomic E-state index is 13.3. The van der Waals surface area contributed by atoms with Crippen molar-refractivity contribution < 1.29 is 13.9 Å². The number of hydrogen-bond donors (Lipinski definition) is 0. The molecule has 4 nitrogen and oxygen atoms in total. The molecule has 1 aromatic rings. The first-order valence-corrected chi connectivity index (χ1v) is 5.92. The molecule has 18 heavy (non-hydrogen) atoms. The minimum atomic E-state index is -0.452. The standard InChI is InChI=1S/C13H17FN2O2/c1-15-3-5-16(6-4-15)13(17)10-7-11(14)9-12(8-10)18-2/h7-9H,3-6H2,1-2H3. The average molecular weight is 252 g/mol. The Labute approximate surface area is 106 Å². The summed E-state index contributed by atoms with van der Waals surface area (Å²) in [6.45, 7) is 3.04. The number of piperazine rings is 1. The maximum Gasteiger partial charge on any atom is 0.254 e. The molecular weight excluding hydrogens is 235 g/mol. The first kappa shape index (κ1) is 12.8. The van der Waals surface area contributed by atoms with Gasteiger partial charge < -0.3 is 14.5 Å². The molecule has 5 heteroatoms. The Morgan fingerprint density at radius 2 is 1.89 bits per heavy atom. The van der Waals surface area contributed by atoms with E-state index in [1.807, 2.05) is 7.05 Å². The third-order valence-corrected chi connectivity index (χ3v) is 3.14. The van der Waals surface area contributed by atoms with Crippen LogP contribution in [0.15, 0.2) is 18.2 Å². The van der Waals surface area contributed by atoms with Crippen molar-refractivity contribution in [2.45, 2.75) is 0 Å². The molecule has 1 aliphatic rings. The molecule has 98 valence electrons. The van der Waals surface area contributed by atoms with Crippen LogP contribution >= 0.6 is 0 Å². The van der Waals surface area contributed by atoms with Gasteiger partial charge in [0.05, 0.1) is 7.11 Å². The highest BCUT2D eigenvalue weighted by Crippen LogP contribution is 2.18. The quantitative estimate of drug-likeness (QED) is 0.793. The van der Waals surface area contributed by atoms with E-state index in [0.717, 1.165) is 13.1 Å². The van der Waals surface area contributed by atoms with Crippen molar-refractivity contribution in [3.63, 3.8) is 0 Å². The number of likely N-dealkylation sites (N-methyl/N-ethyl adjacent to an activating group) is 1. The molecule has 0 radical (unpaired) electrons. The Morgan fingerprint density at radius 3 is 2.50 bits per heavy atom. The summed E-state index contributed by atoms with van der Waals surface area (Å²) < 4.78 is 18.3. The van der Waals surface area contributed by atoms with Crippen LogP contribution in [0.5, 0.6) is 5.75 Å². The predicted molar refractivity (Wildman–Crippen MR) is 66.4 cm³/mol. The number of ether oxygens (including phenoxy) is 1. The second-order valence-electron chi connectivity index (χ2n) is 4.48. The number of methoxy groups -OCH3 is 1. The van der Waals surface area contributed by atoms with Crippen molar-refractivity contribution >= 4 is 5.91 Å². The van der Waals surface area contributed by atoms with E-state index in [9.17, 15) is 9.18 Å². The molecule has 1 fully saturated rings. The molecule has 1 aromatic carbocycles. The summed E-state index contributed by atoms with van der Waals surface area (Å²) in [5.74, 6) is -0.222. The number of benzene rings is 1. The highest BCUT2D eigenvalue weighted by Gasteiger charge is 2.21. The molecule has 1 saturated heterocycles. The third-order valence-electron chi connectivity index (χ3n) is 3.14. The van der Waals surface area contributed by atoms with Crippen molar-refractivity contribution in [1.29, 1.82) is 0 Å². The van der Waals surface area contributed by atoms with Gasteiger partial charge in [-0.25, -0.2) is 4.39 Å². The van der Waals surface area contributed by atoms with Crippen LogP contribution in [-0.4, -0.2) is 56.0 Å². The molecule has 1 heterocycles. The van der Waals surface area contributed by atoms with E-state index >= 15 is 0 Å². The van der Waals surface area contributed by atoms with Crippen molar-refractivity contribution in [2.75, 3.05) is 40.3 Å². The van der Waals surface area contributed by atoms with Gasteiger partial charge in [0.15, 0.2) is 0 Å². The average Bonchev–Trinajstić information content (AvgIpc) is 2.38. The number of amides is 1. The van der Waals surface area contributed by atoms with Gasteiger partial charge in [-0.1, -0.05) is 0 Å². The van der Waals surface area contributed by atoms with Crippen molar-refractivity contribution in [3.05, 3.63) is 29.6 Å². The van der Waals surface area contributed by atoms with Crippen LogP contribution in [-0.2, 0) is 0 Å². The van der Waals surface area contributed by atoms with Crippen LogP contribution in [0.25, 0.3) is 0 Å². The lowest BCUT2D eigenvalue weighted by molar-refractivity contribution is 0.0663. The van der Waals surface area contributed by atoms with Gasteiger partial charge in [-0.3, -0.25) is 4.79 Å². The van der Waals surface area contributed by atoms with Gasteiger partial charge in [0.25, 0.3) is 5.91 Å². The highest BCUT2D eigenvalue weighted by atomic mass is 19.1. The Morgan fingerprint density at radius 1 is 1.22 bits per heavy atom. The molecular formula is C13H17FN2O2. The van der Waals surface area contributed by atoms with E-state index in [-0.39, 0.29) is 5.91 Å². The number of halogens is 1. The van der Waals surface area contributed by atoms with Gasteiger partial charge in [0.1, 0.15) is 11.6 Å². The highest BCUT2D eigenvalue weighted by molar-refractivity contribution is 5.94. The topological polar surface area (TPSA) is 32.8 Å². The van der Waals surface area contributed by atoms with Gasteiger partial charge in [0, 0.05) is 37.8 Å². The normalized spacial score (nSPS) is 16.7. The minimum Gasteiger partial charge on any atom is -0.497 e. The fourth-order valence-electron chi connectivity index (χ4n) is 2.00. The van der Waals surface area contributed by atoms with Crippen molar-refractivity contribution in [2.24, 2.45) is 0 Å². The van der Waals surface area contributed by atoms with E-state index in [1.54, 1.807) is 11.0 Å². The summed E-state index contributed by atoms with van der Waals surface area (Å²) in [7, 11) is 3.48. The Bertz CT molecular complexity index is 443. The van der Waals surface area contributed by atoms with Gasteiger partial charge in [0.2, 0.25) is 0 Å². The molecule has 0 bridgehead atoms. The number of carbonyl (C=O) groups excluding carboxylic acids is 1. The van der Waals surface area contributed by atoms with Gasteiger partial charge in [-0.05, 0) is 19.2 Å². The summed E-state index contributed by atoms with van der Waals surface area (Å²) >= 11 is 0. The molecule has 0 spiro atoms. The summed E-state index contributed by atoms with van der Waals surface area (Å²) in [6, 6.07) is 4.09. The molecule has 1 aliphatic heterocycles. The number of carbonyl (C=O) groups is 1. The smallest absolute Gasteiger partial charge is 0.254 e. The predicted octanol–water partition coefficient (Wildman–Crippen LogP) is 1.22. The summed E-state index contributed by atoms with van der Waals surface area (Å²) in [6.07, 6.45) is 0. The van der Waals surface area contributed by atoms with Gasteiger partial charge in [-0.2, -0.15) is 0 Å². The largest absolute Gasteiger partial charge is 0.497 e. The van der Waals surface area contributed by atoms with E-state index in [2.05, 4.69) is 4.90 Å². The molecule has 0 unspecified atom stereocenters. The fraction of sp³-hybridized carbons (Fsp3) is 0.462. The molecule has 0 N–H and O–H groups in total. The second-order valence-corrected chi connectivity index (χ2v) is 4.48. The van der Waals surface area contributed by atoms with E-state index < -0.39 is 5.82 Å². The lowest BCUT2D eigenvalue weighted by Gasteiger charge is -2.32. The summed E-state index contributed by atoms with van der Waals surface area (Å²) in [4.78, 5) is 16.1. The molecule has 0 aromatic heterocycles. The number of hydrogen-bond acceptors (Lipinski definition) is 3. The zero-order chi connectivity index (χ0) is 13.1. The zero-order valence-corrected chi connectivity index (χ0v) is 10.6. The lowest BCUT2D eigenvalue weighted by atomic mass is 10.1. The maximum atomic E-state index is 13.3. The Hall–Kier alpha value is -1.62. The van der Waals surface area contributed by atoms with Crippen LogP contribution in [0.2, 0.25) is 0 Å². The SMILES string of the molecule is COc1cc(F)cc(C(=O)N2CCN(C)CC2)c1. The van der Waals surface area contributed by atoms with Crippen LogP contribution in [0.1, 0.15) is 10.4 Å². The van der Waals surface area contributed by atoms with Gasteiger partial charge >= 0.3 is 0 Å². The first-order valence-electron chi connectivity index (χ1n) is 5.92. The first-order chi connectivity index (χ1) is 8.60. The third kappa shape index (κ3) is 2.79.